The van der Waals surface area contributed by atoms with Crippen LogP contribution in [0.1, 0.15) is 10.5 Å². The van der Waals surface area contributed by atoms with E-state index in [-0.39, 0.29) is 11.8 Å². The highest BCUT2D eigenvalue weighted by atomic mass is 127. The molecule has 0 fully saturated rings. The van der Waals surface area contributed by atoms with Gasteiger partial charge in [0.05, 0.1) is 19.3 Å². The van der Waals surface area contributed by atoms with Gasteiger partial charge >= 0.3 is 5.97 Å². The van der Waals surface area contributed by atoms with Crippen molar-refractivity contribution in [3.8, 4) is 0 Å². The second-order valence-corrected chi connectivity index (χ2v) is 4.56. The summed E-state index contributed by atoms with van der Waals surface area (Å²) in [6.07, 6.45) is 1.64. The van der Waals surface area contributed by atoms with Gasteiger partial charge in [-0.3, -0.25) is 0 Å². The molecule has 0 aliphatic rings. The highest BCUT2D eigenvalue weighted by Gasteiger charge is 2.15. The van der Waals surface area contributed by atoms with Gasteiger partial charge in [-0.1, -0.05) is 0 Å². The molecule has 1 atom stereocenters. The minimum absolute atomic E-state index is 0.147. The van der Waals surface area contributed by atoms with Gasteiger partial charge in [0.1, 0.15) is 5.69 Å². The van der Waals surface area contributed by atoms with E-state index in [1.807, 2.05) is 0 Å². The summed E-state index contributed by atoms with van der Waals surface area (Å²) >= 11 is 2.08. The van der Waals surface area contributed by atoms with E-state index in [1.165, 1.54) is 0 Å². The first-order valence-electron chi connectivity index (χ1n) is 4.69. The number of carboxylic acid groups (broad SMARTS) is 1. The summed E-state index contributed by atoms with van der Waals surface area (Å²) < 4.78 is 12.7. The molecule has 5 nitrogen and oxygen atoms in total. The Morgan fingerprint density at radius 1 is 1.62 bits per heavy atom. The number of methoxy groups -OCH3 is 2. The van der Waals surface area contributed by atoms with Crippen molar-refractivity contribution in [2.75, 3.05) is 20.8 Å². The van der Waals surface area contributed by atoms with Crippen LogP contribution in [0.5, 0.6) is 0 Å². The average molecular weight is 339 g/mol. The fourth-order valence-corrected chi connectivity index (χ4v) is 2.04. The highest BCUT2D eigenvalue weighted by molar-refractivity contribution is 14.1. The molecule has 1 aromatic rings. The first-order chi connectivity index (χ1) is 7.58. The minimum atomic E-state index is -0.935. The Morgan fingerprint density at radius 3 is 2.81 bits per heavy atom. The molecule has 0 aliphatic heterocycles. The maximum atomic E-state index is 11.0. The third-order valence-electron chi connectivity index (χ3n) is 2.17. The van der Waals surface area contributed by atoms with Crippen molar-refractivity contribution in [1.29, 1.82) is 0 Å². The van der Waals surface area contributed by atoms with E-state index in [0.29, 0.717) is 13.2 Å². The van der Waals surface area contributed by atoms with Crippen LogP contribution in [0, 0.1) is 3.57 Å². The standard InChI is InChI=1S/C10H14INO4/c1-15-6-8(16-2)5-12-4-7(11)3-9(12)10(13)14/h3-4,8H,5-6H2,1-2H3,(H,13,14). The number of hydrogen-bond acceptors (Lipinski definition) is 3. The number of carboxylic acids is 1. The van der Waals surface area contributed by atoms with Crippen LogP contribution < -0.4 is 0 Å². The van der Waals surface area contributed by atoms with Crippen LogP contribution in [0.4, 0.5) is 0 Å². The Morgan fingerprint density at radius 2 is 2.31 bits per heavy atom. The van der Waals surface area contributed by atoms with Gasteiger partial charge < -0.3 is 19.1 Å². The molecule has 0 spiro atoms. The maximum absolute atomic E-state index is 11.0. The number of carbonyl (C=O) groups is 1. The van der Waals surface area contributed by atoms with E-state index in [1.54, 1.807) is 31.0 Å². The molecule has 90 valence electrons. The largest absolute Gasteiger partial charge is 0.477 e. The molecule has 0 saturated heterocycles. The second kappa shape index (κ2) is 6.21. The third kappa shape index (κ3) is 3.46. The lowest BCUT2D eigenvalue weighted by Gasteiger charge is -2.16. The summed E-state index contributed by atoms with van der Waals surface area (Å²) in [4.78, 5) is 11.0. The minimum Gasteiger partial charge on any atom is -0.477 e. The first-order valence-corrected chi connectivity index (χ1v) is 5.77. The molecule has 0 amide bonds. The zero-order valence-corrected chi connectivity index (χ0v) is 11.3. The molecule has 1 heterocycles. The number of aromatic carboxylic acids is 1. The van der Waals surface area contributed by atoms with Crippen LogP contribution in [0.2, 0.25) is 0 Å². The molecule has 1 aromatic heterocycles. The highest BCUT2D eigenvalue weighted by Crippen LogP contribution is 2.12. The average Bonchev–Trinajstić information content (AvgIpc) is 2.59. The second-order valence-electron chi connectivity index (χ2n) is 3.31. The van der Waals surface area contributed by atoms with Gasteiger partial charge in [-0.05, 0) is 28.7 Å². The molecular weight excluding hydrogens is 325 g/mol. The lowest BCUT2D eigenvalue weighted by molar-refractivity contribution is 0.0176. The lowest BCUT2D eigenvalue weighted by atomic mass is 10.3. The van der Waals surface area contributed by atoms with E-state index in [0.717, 1.165) is 3.57 Å². The van der Waals surface area contributed by atoms with Crippen molar-refractivity contribution in [2.24, 2.45) is 0 Å². The summed E-state index contributed by atoms with van der Waals surface area (Å²) in [5.74, 6) is -0.935. The van der Waals surface area contributed by atoms with Gasteiger partial charge in [0.2, 0.25) is 0 Å². The zero-order valence-electron chi connectivity index (χ0n) is 9.14. The Balaban J connectivity index is 2.82. The molecule has 0 bridgehead atoms. The SMILES string of the molecule is COCC(Cn1cc(I)cc1C(=O)O)OC. The summed E-state index contributed by atoms with van der Waals surface area (Å²) in [6.45, 7) is 0.902. The Bertz CT molecular complexity index is 364. The van der Waals surface area contributed by atoms with E-state index >= 15 is 0 Å². The summed E-state index contributed by atoms with van der Waals surface area (Å²) in [5, 5.41) is 9.00. The van der Waals surface area contributed by atoms with Crippen LogP contribution >= 0.6 is 22.6 Å². The Hall–Kier alpha value is -0.600. The van der Waals surface area contributed by atoms with Crippen LogP contribution in [0.25, 0.3) is 0 Å². The quantitative estimate of drug-likeness (QED) is 0.797. The Labute approximate surface area is 107 Å². The molecule has 0 radical (unpaired) electrons. The molecule has 0 aliphatic carbocycles. The number of ether oxygens (including phenoxy) is 2. The van der Waals surface area contributed by atoms with Gasteiger partial charge in [0, 0.05) is 24.0 Å². The monoisotopic (exact) mass is 339 g/mol. The molecular formula is C10H14INO4. The third-order valence-corrected chi connectivity index (χ3v) is 2.76. The number of rotatable bonds is 6. The van der Waals surface area contributed by atoms with Crippen molar-refractivity contribution in [1.82, 2.24) is 4.57 Å². The van der Waals surface area contributed by atoms with E-state index in [2.05, 4.69) is 22.6 Å². The van der Waals surface area contributed by atoms with Gasteiger partial charge in [0.25, 0.3) is 0 Å². The molecule has 6 heteroatoms. The zero-order chi connectivity index (χ0) is 12.1. The number of aromatic nitrogens is 1. The fraction of sp³-hybridized carbons (Fsp3) is 0.500. The maximum Gasteiger partial charge on any atom is 0.352 e. The summed E-state index contributed by atoms with van der Waals surface area (Å²) in [6, 6.07) is 1.63. The fourth-order valence-electron chi connectivity index (χ4n) is 1.41. The molecule has 16 heavy (non-hydrogen) atoms. The van der Waals surface area contributed by atoms with Crippen molar-refractivity contribution in [2.45, 2.75) is 12.6 Å². The van der Waals surface area contributed by atoms with Crippen LogP contribution in [-0.4, -0.2) is 42.6 Å². The first kappa shape index (κ1) is 13.5. The molecule has 1 N–H and O–H groups in total. The van der Waals surface area contributed by atoms with Gasteiger partial charge in [0.15, 0.2) is 0 Å². The van der Waals surface area contributed by atoms with Crippen LogP contribution in [-0.2, 0) is 16.0 Å². The number of nitrogens with zero attached hydrogens (tertiary/aromatic N) is 1. The normalized spacial score (nSPS) is 12.7. The van der Waals surface area contributed by atoms with Crippen molar-refractivity contribution >= 4 is 28.6 Å². The smallest absolute Gasteiger partial charge is 0.352 e. The van der Waals surface area contributed by atoms with E-state index < -0.39 is 5.97 Å². The topological polar surface area (TPSA) is 60.7 Å². The van der Waals surface area contributed by atoms with Gasteiger partial charge in [-0.15, -0.1) is 0 Å². The number of hydrogen-bond donors (Lipinski definition) is 1. The predicted octanol–water partition coefficient (Wildman–Crippen LogP) is 1.45. The van der Waals surface area contributed by atoms with Crippen molar-refractivity contribution < 1.29 is 19.4 Å². The van der Waals surface area contributed by atoms with E-state index in [9.17, 15) is 4.79 Å². The predicted molar refractivity (Wildman–Crippen MR) is 66.8 cm³/mol. The molecule has 1 unspecified atom stereocenters. The molecule has 0 aromatic carbocycles. The lowest BCUT2D eigenvalue weighted by Crippen LogP contribution is -2.25. The van der Waals surface area contributed by atoms with Crippen molar-refractivity contribution in [3.63, 3.8) is 0 Å². The van der Waals surface area contributed by atoms with Gasteiger partial charge in [-0.25, -0.2) is 4.79 Å². The summed E-state index contributed by atoms with van der Waals surface area (Å²) in [7, 11) is 3.17. The van der Waals surface area contributed by atoms with Gasteiger partial charge in [-0.2, -0.15) is 0 Å². The van der Waals surface area contributed by atoms with Crippen LogP contribution in [0.15, 0.2) is 12.3 Å². The summed E-state index contributed by atoms with van der Waals surface area (Å²) in [5.41, 5.74) is 0.266. The Kier molecular flexibility index (Phi) is 5.23. The van der Waals surface area contributed by atoms with Crippen molar-refractivity contribution in [3.05, 3.63) is 21.5 Å². The van der Waals surface area contributed by atoms with E-state index in [4.69, 9.17) is 14.6 Å². The number of halogens is 1. The van der Waals surface area contributed by atoms with Crippen LogP contribution in [0.3, 0.4) is 0 Å². The molecule has 0 saturated carbocycles. The molecule has 1 rings (SSSR count).